The second kappa shape index (κ2) is 8.20. The standard InChI is InChI=1S/C16H13Cl3N2O2/c17-12-4-1-10(2-5-12)8-15(22)20-21-16(23)9-11-3-6-13(18)14(19)7-11/h1-7H,8-9H2,(H,20,22)(H,21,23). The van der Waals surface area contributed by atoms with Crippen LogP contribution < -0.4 is 10.9 Å². The van der Waals surface area contributed by atoms with Gasteiger partial charge in [-0.3, -0.25) is 20.4 Å². The normalized spacial score (nSPS) is 10.2. The molecule has 0 saturated carbocycles. The average Bonchev–Trinajstić information content (AvgIpc) is 2.51. The second-order valence-corrected chi connectivity index (χ2v) is 6.08. The van der Waals surface area contributed by atoms with E-state index in [1.54, 1.807) is 42.5 Å². The van der Waals surface area contributed by atoms with E-state index < -0.39 is 0 Å². The van der Waals surface area contributed by atoms with Gasteiger partial charge in [0.1, 0.15) is 0 Å². The highest BCUT2D eigenvalue weighted by Crippen LogP contribution is 2.22. The summed E-state index contributed by atoms with van der Waals surface area (Å²) in [5, 5.41) is 1.40. The first kappa shape index (κ1) is 17.6. The maximum Gasteiger partial charge on any atom is 0.242 e. The molecule has 0 radical (unpaired) electrons. The van der Waals surface area contributed by atoms with Crippen LogP contribution in [0.15, 0.2) is 42.5 Å². The number of carbonyl (C=O) groups excluding carboxylic acids is 2. The Labute approximate surface area is 148 Å². The predicted octanol–water partition coefficient (Wildman–Crippen LogP) is 3.58. The van der Waals surface area contributed by atoms with Crippen molar-refractivity contribution in [2.45, 2.75) is 12.8 Å². The highest BCUT2D eigenvalue weighted by atomic mass is 35.5. The number of hydrogen-bond acceptors (Lipinski definition) is 2. The Balaban J connectivity index is 1.80. The summed E-state index contributed by atoms with van der Waals surface area (Å²) >= 11 is 17.5. The molecule has 2 N–H and O–H groups in total. The maximum atomic E-state index is 11.8. The Kier molecular flexibility index (Phi) is 6.28. The summed E-state index contributed by atoms with van der Waals surface area (Å²) in [6.07, 6.45) is 0.225. The fraction of sp³-hybridized carbons (Fsp3) is 0.125. The molecule has 23 heavy (non-hydrogen) atoms. The van der Waals surface area contributed by atoms with E-state index in [9.17, 15) is 9.59 Å². The highest BCUT2D eigenvalue weighted by Gasteiger charge is 2.08. The number of rotatable bonds is 4. The van der Waals surface area contributed by atoms with E-state index in [-0.39, 0.29) is 24.7 Å². The van der Waals surface area contributed by atoms with Gasteiger partial charge in [-0.2, -0.15) is 0 Å². The van der Waals surface area contributed by atoms with Crippen molar-refractivity contribution in [2.24, 2.45) is 0 Å². The Morgan fingerprint density at radius 3 is 1.83 bits per heavy atom. The lowest BCUT2D eigenvalue weighted by atomic mass is 10.1. The summed E-state index contributed by atoms with van der Waals surface area (Å²) in [7, 11) is 0. The van der Waals surface area contributed by atoms with E-state index in [2.05, 4.69) is 10.9 Å². The van der Waals surface area contributed by atoms with Crippen molar-refractivity contribution in [2.75, 3.05) is 0 Å². The number of nitrogens with one attached hydrogen (secondary N) is 2. The maximum absolute atomic E-state index is 11.8. The molecule has 0 atom stereocenters. The van der Waals surface area contributed by atoms with Gasteiger partial charge in [0.25, 0.3) is 0 Å². The molecule has 0 fully saturated rings. The fourth-order valence-corrected chi connectivity index (χ4v) is 2.30. The van der Waals surface area contributed by atoms with Crippen LogP contribution in [0.3, 0.4) is 0 Å². The number of amides is 2. The summed E-state index contributed by atoms with van der Waals surface area (Å²) in [5.41, 5.74) is 6.21. The summed E-state index contributed by atoms with van der Waals surface area (Å²) < 4.78 is 0. The highest BCUT2D eigenvalue weighted by molar-refractivity contribution is 6.42. The van der Waals surface area contributed by atoms with Crippen molar-refractivity contribution < 1.29 is 9.59 Å². The van der Waals surface area contributed by atoms with E-state index in [0.717, 1.165) is 5.56 Å². The van der Waals surface area contributed by atoms with Crippen LogP contribution in [-0.2, 0) is 22.4 Å². The molecule has 7 heteroatoms. The SMILES string of the molecule is O=C(Cc1ccc(Cl)cc1)NNC(=O)Cc1ccc(Cl)c(Cl)c1. The van der Waals surface area contributed by atoms with E-state index in [0.29, 0.717) is 20.6 Å². The Bertz CT molecular complexity index is 718. The third-order valence-corrected chi connectivity index (χ3v) is 3.96. The van der Waals surface area contributed by atoms with Gasteiger partial charge in [0.15, 0.2) is 0 Å². The monoisotopic (exact) mass is 370 g/mol. The predicted molar refractivity (Wildman–Crippen MR) is 91.6 cm³/mol. The molecule has 0 aliphatic rings. The van der Waals surface area contributed by atoms with Crippen LogP contribution in [0, 0.1) is 0 Å². The molecule has 0 aliphatic carbocycles. The van der Waals surface area contributed by atoms with E-state index in [4.69, 9.17) is 34.8 Å². The minimum absolute atomic E-state index is 0.0815. The molecule has 2 aromatic carbocycles. The van der Waals surface area contributed by atoms with Gasteiger partial charge >= 0.3 is 0 Å². The van der Waals surface area contributed by atoms with Gasteiger partial charge in [-0.1, -0.05) is 53.0 Å². The molecule has 0 aliphatic heterocycles. The molecule has 0 spiro atoms. The minimum Gasteiger partial charge on any atom is -0.273 e. The molecule has 4 nitrogen and oxygen atoms in total. The number of carbonyl (C=O) groups is 2. The van der Waals surface area contributed by atoms with Gasteiger partial charge < -0.3 is 0 Å². The molecule has 0 unspecified atom stereocenters. The van der Waals surface area contributed by atoms with E-state index >= 15 is 0 Å². The van der Waals surface area contributed by atoms with Crippen molar-refractivity contribution in [3.63, 3.8) is 0 Å². The minimum atomic E-state index is -0.354. The van der Waals surface area contributed by atoms with Gasteiger partial charge in [-0.05, 0) is 35.4 Å². The zero-order valence-corrected chi connectivity index (χ0v) is 14.2. The molecule has 0 aromatic heterocycles. The van der Waals surface area contributed by atoms with Crippen LogP contribution in [-0.4, -0.2) is 11.8 Å². The largest absolute Gasteiger partial charge is 0.273 e. The lowest BCUT2D eigenvalue weighted by Gasteiger charge is -2.08. The van der Waals surface area contributed by atoms with Gasteiger partial charge in [-0.25, -0.2) is 0 Å². The van der Waals surface area contributed by atoms with E-state index in [1.807, 2.05) is 0 Å². The van der Waals surface area contributed by atoms with Crippen LogP contribution in [0.25, 0.3) is 0 Å². The smallest absolute Gasteiger partial charge is 0.242 e. The van der Waals surface area contributed by atoms with Gasteiger partial charge in [0.2, 0.25) is 11.8 Å². The van der Waals surface area contributed by atoms with Crippen LogP contribution in [0.5, 0.6) is 0 Å². The molecule has 2 rings (SSSR count). The topological polar surface area (TPSA) is 58.2 Å². The number of benzene rings is 2. The van der Waals surface area contributed by atoms with Crippen molar-refractivity contribution in [3.05, 3.63) is 68.7 Å². The van der Waals surface area contributed by atoms with E-state index in [1.165, 1.54) is 0 Å². The zero-order valence-electron chi connectivity index (χ0n) is 11.9. The Morgan fingerprint density at radius 2 is 1.26 bits per heavy atom. The first-order chi connectivity index (χ1) is 10.9. The lowest BCUT2D eigenvalue weighted by Crippen LogP contribution is -2.43. The number of hydrazine groups is 1. The first-order valence-corrected chi connectivity index (χ1v) is 7.83. The van der Waals surface area contributed by atoms with Crippen molar-refractivity contribution in [3.8, 4) is 0 Å². The average molecular weight is 372 g/mol. The lowest BCUT2D eigenvalue weighted by molar-refractivity contribution is -0.128. The molecule has 0 saturated heterocycles. The van der Waals surface area contributed by atoms with Crippen LogP contribution in [0.4, 0.5) is 0 Å². The Hall–Kier alpha value is -1.75. The third kappa shape index (κ3) is 5.75. The quantitative estimate of drug-likeness (QED) is 0.807. The fourth-order valence-electron chi connectivity index (χ4n) is 1.85. The van der Waals surface area contributed by atoms with Crippen LogP contribution in [0.2, 0.25) is 15.1 Å². The molecule has 2 aromatic rings. The van der Waals surface area contributed by atoms with Gasteiger partial charge in [0, 0.05) is 5.02 Å². The van der Waals surface area contributed by atoms with Crippen molar-refractivity contribution in [1.82, 2.24) is 10.9 Å². The molecule has 0 heterocycles. The van der Waals surface area contributed by atoms with Crippen LogP contribution in [0.1, 0.15) is 11.1 Å². The van der Waals surface area contributed by atoms with Gasteiger partial charge in [-0.15, -0.1) is 0 Å². The van der Waals surface area contributed by atoms with Crippen LogP contribution >= 0.6 is 34.8 Å². The Morgan fingerprint density at radius 1 is 0.739 bits per heavy atom. The van der Waals surface area contributed by atoms with Gasteiger partial charge in [0.05, 0.1) is 22.9 Å². The summed E-state index contributed by atoms with van der Waals surface area (Å²) in [4.78, 5) is 23.5. The number of hydrogen-bond donors (Lipinski definition) is 2. The first-order valence-electron chi connectivity index (χ1n) is 6.70. The van der Waals surface area contributed by atoms with Crippen molar-refractivity contribution >= 4 is 46.6 Å². The summed E-state index contributed by atoms with van der Waals surface area (Å²) in [6, 6.07) is 11.8. The summed E-state index contributed by atoms with van der Waals surface area (Å²) in [5.74, 6) is -0.678. The second-order valence-electron chi connectivity index (χ2n) is 4.82. The zero-order chi connectivity index (χ0) is 16.8. The molecule has 2 amide bonds. The third-order valence-electron chi connectivity index (χ3n) is 2.97. The molecular formula is C16H13Cl3N2O2. The molecule has 0 bridgehead atoms. The number of halogens is 3. The molecule has 120 valence electrons. The molecular weight excluding hydrogens is 359 g/mol. The van der Waals surface area contributed by atoms with Crippen molar-refractivity contribution in [1.29, 1.82) is 0 Å². The summed E-state index contributed by atoms with van der Waals surface area (Å²) in [6.45, 7) is 0.